The number of hydrogen-bond acceptors (Lipinski definition) is 3. The van der Waals surface area contributed by atoms with E-state index in [1.807, 2.05) is 30.3 Å². The fraction of sp³-hybridized carbons (Fsp3) is 0.571. The first kappa shape index (κ1) is 13.5. The van der Waals surface area contributed by atoms with Gasteiger partial charge in [0.1, 0.15) is 6.17 Å². The summed E-state index contributed by atoms with van der Waals surface area (Å²) in [6.07, 6.45) is 0.528. The minimum absolute atomic E-state index is 0.0626. The molecule has 2 rings (SSSR count). The molecule has 1 aliphatic rings. The summed E-state index contributed by atoms with van der Waals surface area (Å²) in [5.41, 5.74) is 6.35. The van der Waals surface area contributed by atoms with Gasteiger partial charge in [-0.3, -0.25) is 0 Å². The Hall–Kier alpha value is -0.970. The average molecular weight is 252 g/mol. The molecule has 1 saturated heterocycles. The van der Waals surface area contributed by atoms with Crippen LogP contribution in [0, 0.1) is 0 Å². The van der Waals surface area contributed by atoms with Crippen LogP contribution in [0.15, 0.2) is 30.3 Å². The average Bonchev–Trinajstić information content (AvgIpc) is 2.41. The highest BCUT2D eigenvalue weighted by Gasteiger charge is 2.36. The number of nitrogens with two attached hydrogens (primary N) is 1. The van der Waals surface area contributed by atoms with Crippen LogP contribution in [0.4, 0.5) is 4.39 Å². The largest absolute Gasteiger partial charge is 0.374 e. The first-order chi connectivity index (χ1) is 8.71. The van der Waals surface area contributed by atoms with Gasteiger partial charge < -0.3 is 15.8 Å². The third kappa shape index (κ3) is 3.51. The zero-order valence-electron chi connectivity index (χ0n) is 10.6. The van der Waals surface area contributed by atoms with E-state index in [4.69, 9.17) is 10.5 Å². The summed E-state index contributed by atoms with van der Waals surface area (Å²) < 4.78 is 19.5. The minimum Gasteiger partial charge on any atom is -0.374 e. The number of nitrogens with one attached hydrogen (secondary N) is 1. The molecule has 0 amide bonds. The summed E-state index contributed by atoms with van der Waals surface area (Å²) in [6.45, 7) is 1.96. The Labute approximate surface area is 108 Å². The predicted octanol–water partition coefficient (Wildman–Crippen LogP) is 1.62. The predicted molar refractivity (Wildman–Crippen MR) is 70.0 cm³/mol. The lowest BCUT2D eigenvalue weighted by Crippen LogP contribution is -2.60. The Kier molecular flexibility index (Phi) is 4.69. The molecular formula is C14H21FN2O. The second kappa shape index (κ2) is 6.27. The van der Waals surface area contributed by atoms with Crippen LogP contribution in [0.2, 0.25) is 0 Å². The van der Waals surface area contributed by atoms with Crippen molar-refractivity contribution in [2.24, 2.45) is 5.73 Å². The smallest absolute Gasteiger partial charge is 0.142 e. The molecule has 0 aromatic heterocycles. The van der Waals surface area contributed by atoms with Gasteiger partial charge in [-0.1, -0.05) is 30.3 Å². The van der Waals surface area contributed by atoms with E-state index < -0.39 is 11.7 Å². The van der Waals surface area contributed by atoms with E-state index in [-0.39, 0.29) is 6.61 Å². The van der Waals surface area contributed by atoms with Crippen molar-refractivity contribution >= 4 is 0 Å². The maximum Gasteiger partial charge on any atom is 0.142 e. The number of piperidine rings is 1. The van der Waals surface area contributed by atoms with Crippen LogP contribution in [-0.2, 0) is 11.3 Å². The topological polar surface area (TPSA) is 47.3 Å². The fourth-order valence-corrected chi connectivity index (χ4v) is 2.24. The minimum atomic E-state index is -1.12. The van der Waals surface area contributed by atoms with Gasteiger partial charge in [-0.15, -0.1) is 0 Å². The zero-order valence-corrected chi connectivity index (χ0v) is 10.6. The van der Waals surface area contributed by atoms with E-state index in [2.05, 4.69) is 5.32 Å². The van der Waals surface area contributed by atoms with E-state index in [0.29, 0.717) is 13.2 Å². The highest BCUT2D eigenvalue weighted by atomic mass is 19.1. The second-order valence-electron chi connectivity index (χ2n) is 4.98. The molecule has 3 N–H and O–H groups in total. The Balaban J connectivity index is 1.76. The number of halogens is 1. The van der Waals surface area contributed by atoms with Crippen LogP contribution in [0.1, 0.15) is 18.4 Å². The molecule has 0 saturated carbocycles. The molecule has 0 aliphatic carbocycles. The first-order valence-corrected chi connectivity index (χ1v) is 6.46. The third-order valence-corrected chi connectivity index (χ3v) is 3.45. The van der Waals surface area contributed by atoms with Crippen LogP contribution in [0.25, 0.3) is 0 Å². The molecule has 1 aliphatic heterocycles. The van der Waals surface area contributed by atoms with Crippen molar-refractivity contribution in [2.75, 3.05) is 19.7 Å². The molecule has 0 bridgehead atoms. The van der Waals surface area contributed by atoms with Crippen molar-refractivity contribution in [2.45, 2.75) is 31.2 Å². The van der Waals surface area contributed by atoms with Gasteiger partial charge in [-0.2, -0.15) is 0 Å². The van der Waals surface area contributed by atoms with Crippen LogP contribution >= 0.6 is 0 Å². The summed E-state index contributed by atoms with van der Waals surface area (Å²) in [6, 6.07) is 9.77. The Bertz CT molecular complexity index is 352. The summed E-state index contributed by atoms with van der Waals surface area (Å²) in [5.74, 6) is 0. The molecule has 18 heavy (non-hydrogen) atoms. The summed E-state index contributed by atoms with van der Waals surface area (Å²) in [5, 5.41) is 3.14. The maximum absolute atomic E-state index is 14.1. The van der Waals surface area contributed by atoms with Gasteiger partial charge in [0.05, 0.1) is 18.8 Å². The van der Waals surface area contributed by atoms with Gasteiger partial charge in [0.25, 0.3) is 0 Å². The van der Waals surface area contributed by atoms with Gasteiger partial charge in [-0.05, 0) is 24.9 Å². The third-order valence-electron chi connectivity index (χ3n) is 3.45. The molecule has 1 fully saturated rings. The molecule has 4 heteroatoms. The lowest BCUT2D eigenvalue weighted by molar-refractivity contribution is 0.0276. The number of benzene rings is 1. The van der Waals surface area contributed by atoms with Gasteiger partial charge in [0, 0.05) is 6.54 Å². The molecule has 1 heterocycles. The molecule has 1 aromatic rings. The summed E-state index contributed by atoms with van der Waals surface area (Å²) in [7, 11) is 0. The van der Waals surface area contributed by atoms with Crippen molar-refractivity contribution in [3.8, 4) is 0 Å². The molecular weight excluding hydrogens is 231 g/mol. The van der Waals surface area contributed by atoms with Gasteiger partial charge in [0.15, 0.2) is 0 Å². The highest BCUT2D eigenvalue weighted by Crippen LogP contribution is 2.20. The Morgan fingerprint density at radius 1 is 1.39 bits per heavy atom. The summed E-state index contributed by atoms with van der Waals surface area (Å²) in [4.78, 5) is 0. The van der Waals surface area contributed by atoms with E-state index in [9.17, 15) is 4.39 Å². The van der Waals surface area contributed by atoms with Crippen LogP contribution < -0.4 is 11.1 Å². The van der Waals surface area contributed by atoms with Crippen LogP contribution in [0.5, 0.6) is 0 Å². The Morgan fingerprint density at radius 3 is 2.83 bits per heavy atom. The van der Waals surface area contributed by atoms with Crippen molar-refractivity contribution in [1.29, 1.82) is 0 Å². The monoisotopic (exact) mass is 252 g/mol. The van der Waals surface area contributed by atoms with E-state index in [0.717, 1.165) is 24.9 Å². The number of ether oxygens (including phenoxy) is 1. The zero-order chi connectivity index (χ0) is 12.8. The van der Waals surface area contributed by atoms with Gasteiger partial charge in [0.2, 0.25) is 0 Å². The number of alkyl halides is 1. The van der Waals surface area contributed by atoms with Crippen molar-refractivity contribution in [3.63, 3.8) is 0 Å². The van der Waals surface area contributed by atoms with Crippen molar-refractivity contribution in [1.82, 2.24) is 5.32 Å². The molecule has 3 nitrogen and oxygen atoms in total. The quantitative estimate of drug-likeness (QED) is 0.837. The standard InChI is InChI=1S/C14H21FN2O/c15-13(14(16)7-4-8-17-11-14)10-18-9-12-5-2-1-3-6-12/h1-3,5-6,13,17H,4,7-11,16H2. The maximum atomic E-state index is 14.1. The fourth-order valence-electron chi connectivity index (χ4n) is 2.24. The van der Waals surface area contributed by atoms with Crippen LogP contribution in [-0.4, -0.2) is 31.4 Å². The lowest BCUT2D eigenvalue weighted by atomic mass is 9.87. The number of rotatable bonds is 5. The van der Waals surface area contributed by atoms with Gasteiger partial charge in [-0.25, -0.2) is 4.39 Å². The van der Waals surface area contributed by atoms with Crippen molar-refractivity contribution < 1.29 is 9.13 Å². The molecule has 2 atom stereocenters. The molecule has 2 unspecified atom stereocenters. The molecule has 0 spiro atoms. The van der Waals surface area contributed by atoms with Gasteiger partial charge >= 0.3 is 0 Å². The van der Waals surface area contributed by atoms with Crippen molar-refractivity contribution in [3.05, 3.63) is 35.9 Å². The van der Waals surface area contributed by atoms with Crippen LogP contribution in [0.3, 0.4) is 0 Å². The first-order valence-electron chi connectivity index (χ1n) is 6.46. The number of hydrogen-bond donors (Lipinski definition) is 2. The lowest BCUT2D eigenvalue weighted by Gasteiger charge is -2.36. The highest BCUT2D eigenvalue weighted by molar-refractivity contribution is 5.13. The SMILES string of the molecule is NC1(C(F)COCc2ccccc2)CCCNC1. The Morgan fingerprint density at radius 2 is 2.17 bits per heavy atom. The molecule has 100 valence electrons. The van der Waals surface area contributed by atoms with E-state index in [1.54, 1.807) is 0 Å². The summed E-state index contributed by atoms with van der Waals surface area (Å²) >= 11 is 0. The normalized spacial score (nSPS) is 25.9. The molecule has 0 radical (unpaired) electrons. The molecule has 1 aromatic carbocycles. The van der Waals surface area contributed by atoms with E-state index in [1.165, 1.54) is 0 Å². The second-order valence-corrected chi connectivity index (χ2v) is 4.98. The van der Waals surface area contributed by atoms with E-state index >= 15 is 0 Å².